The number of alkyl halides is 3. The van der Waals surface area contributed by atoms with Crippen molar-refractivity contribution in [1.29, 1.82) is 5.26 Å². The molecule has 146 valence electrons. The lowest BCUT2D eigenvalue weighted by atomic mass is 10.1. The molecule has 1 unspecified atom stereocenters. The summed E-state index contributed by atoms with van der Waals surface area (Å²) in [6.07, 6.45) is -1.43. The van der Waals surface area contributed by atoms with E-state index in [-0.39, 0.29) is 23.7 Å². The van der Waals surface area contributed by atoms with Crippen molar-refractivity contribution in [2.75, 3.05) is 13.1 Å². The molecule has 28 heavy (non-hydrogen) atoms. The molecular formula is C18H15F3N4O3. The van der Waals surface area contributed by atoms with E-state index in [0.717, 1.165) is 6.07 Å². The summed E-state index contributed by atoms with van der Waals surface area (Å²) in [5.74, 6) is -1.08. The summed E-state index contributed by atoms with van der Waals surface area (Å²) < 4.78 is 47.5. The van der Waals surface area contributed by atoms with Gasteiger partial charge in [0.05, 0.1) is 12.1 Å². The minimum Gasteiger partial charge on any atom is -0.470 e. The maximum absolute atomic E-state index is 12.8. The molecule has 0 aliphatic carbocycles. The van der Waals surface area contributed by atoms with Crippen molar-refractivity contribution in [2.24, 2.45) is 0 Å². The summed E-state index contributed by atoms with van der Waals surface area (Å²) >= 11 is 0. The highest BCUT2D eigenvalue weighted by Gasteiger charge is 2.34. The Morgan fingerprint density at radius 3 is 2.75 bits per heavy atom. The smallest absolute Gasteiger partial charge is 0.470 e. The number of carbonyl (C=O) groups is 1. The number of likely N-dealkylation sites (tertiary alicyclic amines) is 1. The van der Waals surface area contributed by atoms with Crippen LogP contribution in [-0.2, 0) is 0 Å². The molecule has 2 heterocycles. The van der Waals surface area contributed by atoms with Gasteiger partial charge >= 0.3 is 6.36 Å². The Morgan fingerprint density at radius 1 is 1.25 bits per heavy atom. The first-order valence-corrected chi connectivity index (χ1v) is 8.39. The second kappa shape index (κ2) is 8.12. The molecule has 1 saturated heterocycles. The van der Waals surface area contributed by atoms with Crippen LogP contribution in [0.15, 0.2) is 36.7 Å². The predicted octanol–water partition coefficient (Wildman–Crippen LogP) is 2.93. The van der Waals surface area contributed by atoms with E-state index in [0.29, 0.717) is 19.4 Å². The Labute approximate surface area is 158 Å². The van der Waals surface area contributed by atoms with Crippen LogP contribution < -0.4 is 9.47 Å². The van der Waals surface area contributed by atoms with E-state index < -0.39 is 24.1 Å². The molecule has 3 rings (SSSR count). The number of aromatic nitrogens is 2. The van der Waals surface area contributed by atoms with Crippen LogP contribution in [0.1, 0.15) is 28.9 Å². The van der Waals surface area contributed by atoms with Gasteiger partial charge in [0.25, 0.3) is 11.8 Å². The van der Waals surface area contributed by atoms with Crippen LogP contribution in [0.5, 0.6) is 11.6 Å². The number of piperidine rings is 1. The maximum Gasteiger partial charge on any atom is 0.573 e. The fraction of sp³-hybridized carbons (Fsp3) is 0.333. The van der Waals surface area contributed by atoms with E-state index in [1.165, 1.54) is 35.5 Å². The molecule has 10 heteroatoms. The number of nitriles is 1. The van der Waals surface area contributed by atoms with Gasteiger partial charge < -0.3 is 14.4 Å². The van der Waals surface area contributed by atoms with Gasteiger partial charge in [0.15, 0.2) is 0 Å². The number of hydrogen-bond donors (Lipinski definition) is 0. The molecule has 0 radical (unpaired) electrons. The monoisotopic (exact) mass is 392 g/mol. The van der Waals surface area contributed by atoms with E-state index in [1.807, 2.05) is 6.07 Å². The molecule has 0 saturated carbocycles. The number of nitrogens with zero attached hydrogens (tertiary/aromatic N) is 4. The van der Waals surface area contributed by atoms with Gasteiger partial charge in [-0.05, 0) is 25.0 Å². The van der Waals surface area contributed by atoms with Crippen LogP contribution in [0.4, 0.5) is 13.2 Å². The van der Waals surface area contributed by atoms with E-state index in [4.69, 9.17) is 10.00 Å². The summed E-state index contributed by atoms with van der Waals surface area (Å²) in [7, 11) is 0. The number of para-hydroxylation sites is 1. The molecule has 1 aliphatic rings. The van der Waals surface area contributed by atoms with Crippen LogP contribution >= 0.6 is 0 Å². The minimum atomic E-state index is -4.90. The summed E-state index contributed by atoms with van der Waals surface area (Å²) in [4.78, 5) is 22.0. The molecule has 7 nitrogen and oxygen atoms in total. The average Bonchev–Trinajstić information content (AvgIpc) is 2.67. The van der Waals surface area contributed by atoms with E-state index in [2.05, 4.69) is 14.7 Å². The van der Waals surface area contributed by atoms with Gasteiger partial charge in [0, 0.05) is 18.9 Å². The van der Waals surface area contributed by atoms with Crippen molar-refractivity contribution in [3.63, 3.8) is 0 Å². The zero-order valence-corrected chi connectivity index (χ0v) is 14.5. The molecule has 2 aromatic rings. The number of amides is 1. The SMILES string of the molecule is N#Cc1nccnc1OC1CCCN(C(=O)c2ccccc2OC(F)(F)F)C1. The van der Waals surface area contributed by atoms with Crippen LogP contribution in [0.3, 0.4) is 0 Å². The second-order valence-corrected chi connectivity index (χ2v) is 6.00. The van der Waals surface area contributed by atoms with E-state index in [9.17, 15) is 18.0 Å². The van der Waals surface area contributed by atoms with Crippen LogP contribution in [-0.4, -0.2) is 46.3 Å². The minimum absolute atomic E-state index is 0.0230. The highest BCUT2D eigenvalue weighted by molar-refractivity contribution is 5.97. The van der Waals surface area contributed by atoms with Gasteiger partial charge in [-0.2, -0.15) is 5.26 Å². The Kier molecular flexibility index (Phi) is 5.63. The van der Waals surface area contributed by atoms with Gasteiger partial charge in [0.2, 0.25) is 5.69 Å². The Morgan fingerprint density at radius 2 is 2.00 bits per heavy atom. The lowest BCUT2D eigenvalue weighted by molar-refractivity contribution is -0.274. The number of ether oxygens (including phenoxy) is 2. The zero-order valence-electron chi connectivity index (χ0n) is 14.5. The predicted molar refractivity (Wildman–Crippen MR) is 89.4 cm³/mol. The maximum atomic E-state index is 12.8. The summed E-state index contributed by atoms with van der Waals surface area (Å²) in [5.41, 5.74) is -0.160. The number of rotatable bonds is 4. The molecular weight excluding hydrogens is 377 g/mol. The van der Waals surface area contributed by atoms with Gasteiger partial charge in [-0.1, -0.05) is 12.1 Å². The second-order valence-electron chi connectivity index (χ2n) is 6.00. The molecule has 0 spiro atoms. The number of hydrogen-bond acceptors (Lipinski definition) is 6. The molecule has 1 fully saturated rings. The van der Waals surface area contributed by atoms with Crippen LogP contribution in [0.25, 0.3) is 0 Å². The van der Waals surface area contributed by atoms with Gasteiger partial charge in [-0.25, -0.2) is 9.97 Å². The molecule has 0 N–H and O–H groups in total. The van der Waals surface area contributed by atoms with Crippen molar-refractivity contribution in [3.05, 3.63) is 47.9 Å². The number of halogens is 3. The third-order valence-electron chi connectivity index (χ3n) is 4.06. The summed E-state index contributed by atoms with van der Waals surface area (Å²) in [6.45, 7) is 0.505. The van der Waals surface area contributed by atoms with Crippen molar-refractivity contribution < 1.29 is 27.4 Å². The topological polar surface area (TPSA) is 88.3 Å². The third-order valence-corrected chi connectivity index (χ3v) is 4.06. The van der Waals surface area contributed by atoms with Crippen molar-refractivity contribution in [3.8, 4) is 17.7 Å². The van der Waals surface area contributed by atoms with Crippen LogP contribution in [0.2, 0.25) is 0 Å². The normalized spacial score (nSPS) is 16.9. The number of benzene rings is 1. The highest BCUT2D eigenvalue weighted by Crippen LogP contribution is 2.28. The van der Waals surface area contributed by atoms with E-state index in [1.54, 1.807) is 0 Å². The van der Waals surface area contributed by atoms with Gasteiger partial charge in [-0.3, -0.25) is 4.79 Å². The zero-order chi connectivity index (χ0) is 20.1. The van der Waals surface area contributed by atoms with E-state index >= 15 is 0 Å². The first kappa shape index (κ1) is 19.4. The van der Waals surface area contributed by atoms with Crippen molar-refractivity contribution >= 4 is 5.91 Å². The molecule has 1 aliphatic heterocycles. The van der Waals surface area contributed by atoms with Gasteiger partial charge in [-0.15, -0.1) is 13.2 Å². The third kappa shape index (κ3) is 4.68. The van der Waals surface area contributed by atoms with Gasteiger partial charge in [0.1, 0.15) is 17.9 Å². The summed E-state index contributed by atoms with van der Waals surface area (Å²) in [6, 6.07) is 7.07. The molecule has 1 atom stereocenters. The Balaban J connectivity index is 1.74. The fourth-order valence-corrected chi connectivity index (χ4v) is 2.89. The Bertz CT molecular complexity index is 898. The molecule has 0 bridgehead atoms. The lowest BCUT2D eigenvalue weighted by Gasteiger charge is -2.33. The van der Waals surface area contributed by atoms with Crippen molar-refractivity contribution in [1.82, 2.24) is 14.9 Å². The summed E-state index contributed by atoms with van der Waals surface area (Å²) in [5, 5.41) is 9.06. The first-order chi connectivity index (χ1) is 13.4. The van der Waals surface area contributed by atoms with Crippen molar-refractivity contribution in [2.45, 2.75) is 25.3 Å². The fourth-order valence-electron chi connectivity index (χ4n) is 2.89. The highest BCUT2D eigenvalue weighted by atomic mass is 19.4. The number of carbonyl (C=O) groups excluding carboxylic acids is 1. The molecule has 1 aromatic carbocycles. The largest absolute Gasteiger partial charge is 0.573 e. The van der Waals surface area contributed by atoms with Crippen LogP contribution in [0, 0.1) is 11.3 Å². The quantitative estimate of drug-likeness (QED) is 0.795. The standard InChI is InChI=1S/C18H15F3N4O3/c19-18(20,21)28-15-6-2-1-5-13(15)17(26)25-9-3-4-12(11-25)27-16-14(10-22)23-7-8-24-16/h1-2,5-8,12H,3-4,9,11H2. The Hall–Kier alpha value is -3.35. The average molecular weight is 392 g/mol. The first-order valence-electron chi connectivity index (χ1n) is 8.39. The molecule has 1 aromatic heterocycles. The molecule has 1 amide bonds. The lowest BCUT2D eigenvalue weighted by Crippen LogP contribution is -2.44.